The Morgan fingerprint density at radius 1 is 1.15 bits per heavy atom. The highest BCUT2D eigenvalue weighted by atomic mass is 35.5. The molecule has 2 aromatic rings. The minimum absolute atomic E-state index is 0.00272. The summed E-state index contributed by atoms with van der Waals surface area (Å²) in [5.41, 5.74) is 9.95. The zero-order valence-electron chi connectivity index (χ0n) is 20.2. The van der Waals surface area contributed by atoms with E-state index in [9.17, 15) is 9.90 Å². The quantitative estimate of drug-likeness (QED) is 0.562. The number of carbonyl (C=O) groups excluding carboxylic acids is 1. The average molecular weight is 485 g/mol. The van der Waals surface area contributed by atoms with Crippen molar-refractivity contribution in [2.75, 3.05) is 33.3 Å². The van der Waals surface area contributed by atoms with Crippen molar-refractivity contribution in [1.82, 2.24) is 15.1 Å². The van der Waals surface area contributed by atoms with Crippen molar-refractivity contribution in [2.45, 2.75) is 56.3 Å². The number of likely N-dealkylation sites (N-methyl/N-ethyl adjacent to an activating group) is 1. The highest BCUT2D eigenvalue weighted by Crippen LogP contribution is 2.42. The number of piperidine rings is 1. The monoisotopic (exact) mass is 484 g/mol. The maximum absolute atomic E-state index is 13.7. The van der Waals surface area contributed by atoms with E-state index in [0.717, 1.165) is 44.5 Å². The smallest absolute Gasteiger partial charge is 0.240 e. The number of nitrogens with two attached hydrogens (primary N) is 1. The summed E-state index contributed by atoms with van der Waals surface area (Å²) in [6, 6.07) is 15.3. The van der Waals surface area contributed by atoms with Gasteiger partial charge < -0.3 is 21.1 Å². The summed E-state index contributed by atoms with van der Waals surface area (Å²) in [6.07, 6.45) is 3.47. The lowest BCUT2D eigenvalue weighted by Gasteiger charge is -2.51. The van der Waals surface area contributed by atoms with Crippen LogP contribution in [0.4, 0.5) is 0 Å². The molecule has 34 heavy (non-hydrogen) atoms. The number of aliphatic hydroxyl groups is 1. The molecule has 1 fully saturated rings. The predicted octanol–water partition coefficient (Wildman–Crippen LogP) is 2.55. The van der Waals surface area contributed by atoms with E-state index in [1.54, 1.807) is 0 Å². The van der Waals surface area contributed by atoms with E-state index in [1.807, 2.05) is 36.1 Å². The van der Waals surface area contributed by atoms with Gasteiger partial charge in [0.2, 0.25) is 5.91 Å². The summed E-state index contributed by atoms with van der Waals surface area (Å²) in [5.74, 6) is 0.0912. The van der Waals surface area contributed by atoms with Crippen molar-refractivity contribution < 1.29 is 9.90 Å². The first-order valence-electron chi connectivity index (χ1n) is 12.3. The van der Waals surface area contributed by atoms with Gasteiger partial charge in [-0.1, -0.05) is 48.0 Å². The average Bonchev–Trinajstić information content (AvgIpc) is 2.87. The minimum atomic E-state index is -0.433. The second kappa shape index (κ2) is 10.8. The van der Waals surface area contributed by atoms with Gasteiger partial charge in [-0.15, -0.1) is 0 Å². The second-order valence-corrected chi connectivity index (χ2v) is 10.3. The molecule has 2 aromatic carbocycles. The number of amides is 1. The molecule has 4 rings (SSSR count). The zero-order chi connectivity index (χ0) is 24.3. The third kappa shape index (κ3) is 5.16. The molecule has 6 nitrogen and oxygen atoms in total. The Bertz CT molecular complexity index is 975. The van der Waals surface area contributed by atoms with Crippen LogP contribution in [-0.2, 0) is 23.2 Å². The molecule has 184 valence electrons. The highest BCUT2D eigenvalue weighted by molar-refractivity contribution is 6.30. The number of halogens is 1. The van der Waals surface area contributed by atoms with E-state index in [0.29, 0.717) is 11.4 Å². The molecular weight excluding hydrogens is 448 g/mol. The topological polar surface area (TPSA) is 81.8 Å². The zero-order valence-corrected chi connectivity index (χ0v) is 21.0. The molecule has 1 saturated heterocycles. The number of aliphatic hydroxyl groups excluding tert-OH is 1. The summed E-state index contributed by atoms with van der Waals surface area (Å²) in [6.45, 7) is 4.27. The van der Waals surface area contributed by atoms with Crippen LogP contribution in [0.1, 0.15) is 36.5 Å². The lowest BCUT2D eigenvalue weighted by Crippen LogP contribution is -2.59. The molecule has 2 aliphatic rings. The summed E-state index contributed by atoms with van der Waals surface area (Å²) in [5, 5.41) is 13.6. The van der Waals surface area contributed by atoms with Gasteiger partial charge in [0.1, 0.15) is 0 Å². The molecule has 4 N–H and O–H groups in total. The van der Waals surface area contributed by atoms with Crippen molar-refractivity contribution in [3.05, 3.63) is 70.2 Å². The molecule has 0 bridgehead atoms. The van der Waals surface area contributed by atoms with Gasteiger partial charge in [0, 0.05) is 42.3 Å². The van der Waals surface area contributed by atoms with Gasteiger partial charge in [-0.2, -0.15) is 0 Å². The van der Waals surface area contributed by atoms with Gasteiger partial charge in [0.25, 0.3) is 0 Å². The van der Waals surface area contributed by atoms with E-state index in [2.05, 4.69) is 41.5 Å². The van der Waals surface area contributed by atoms with E-state index in [4.69, 9.17) is 17.3 Å². The Hall–Kier alpha value is -1.96. The Kier molecular flexibility index (Phi) is 7.95. The standard InChI is InChI=1S/C27H37ClN4O2/c1-19(24(29)18-33)30-25(17-20-7-9-22(28)10-8-20)26(34)32-15-12-27(13-16-32)23-6-4-3-5-21(23)11-14-31(27)2/h3-10,19,24-25,30,33H,11-18,29H2,1-2H3/t19?,24-,25+/m0/s1. The molecule has 2 aliphatic heterocycles. The van der Waals surface area contributed by atoms with Crippen LogP contribution in [-0.4, -0.2) is 72.2 Å². The SMILES string of the molecule is CC(N[C@H](Cc1ccc(Cl)cc1)C(=O)N1CCC2(CC1)c1ccccc1CCN2C)[C@@H](N)CO. The number of fused-ring (bicyclic) bond motifs is 2. The molecule has 1 spiro atoms. The van der Waals surface area contributed by atoms with Gasteiger partial charge in [-0.05, 0) is 68.5 Å². The van der Waals surface area contributed by atoms with Gasteiger partial charge in [0.15, 0.2) is 0 Å². The number of nitrogens with zero attached hydrogens (tertiary/aromatic N) is 2. The molecule has 2 heterocycles. The van der Waals surface area contributed by atoms with Crippen LogP contribution >= 0.6 is 11.6 Å². The Balaban J connectivity index is 1.50. The number of rotatable bonds is 7. The normalized spacial score (nSPS) is 20.6. The van der Waals surface area contributed by atoms with Crippen LogP contribution in [0, 0.1) is 0 Å². The lowest BCUT2D eigenvalue weighted by molar-refractivity contribution is -0.136. The molecule has 3 atom stereocenters. The number of benzene rings is 2. The van der Waals surface area contributed by atoms with E-state index >= 15 is 0 Å². The molecule has 1 unspecified atom stereocenters. The number of carbonyl (C=O) groups is 1. The summed E-state index contributed by atoms with van der Waals surface area (Å²) in [7, 11) is 2.22. The van der Waals surface area contributed by atoms with Gasteiger partial charge >= 0.3 is 0 Å². The third-order valence-electron chi connectivity index (χ3n) is 7.84. The maximum atomic E-state index is 13.7. The summed E-state index contributed by atoms with van der Waals surface area (Å²) >= 11 is 6.06. The fraction of sp³-hybridized carbons (Fsp3) is 0.519. The van der Waals surface area contributed by atoms with Crippen molar-refractivity contribution in [2.24, 2.45) is 5.73 Å². The fourth-order valence-electron chi connectivity index (χ4n) is 5.54. The van der Waals surface area contributed by atoms with E-state index in [1.165, 1.54) is 11.1 Å². The summed E-state index contributed by atoms with van der Waals surface area (Å²) in [4.78, 5) is 18.2. The van der Waals surface area contributed by atoms with Crippen LogP contribution in [0.25, 0.3) is 0 Å². The second-order valence-electron chi connectivity index (χ2n) is 9.87. The molecule has 0 aliphatic carbocycles. The fourth-order valence-corrected chi connectivity index (χ4v) is 5.67. The number of nitrogens with one attached hydrogen (secondary N) is 1. The molecular formula is C27H37ClN4O2. The van der Waals surface area contributed by atoms with Gasteiger partial charge in [0.05, 0.1) is 12.6 Å². The molecule has 7 heteroatoms. The van der Waals surface area contributed by atoms with E-state index in [-0.39, 0.29) is 24.1 Å². The van der Waals surface area contributed by atoms with Crippen LogP contribution in [0.2, 0.25) is 5.02 Å². The van der Waals surface area contributed by atoms with Crippen LogP contribution in [0.3, 0.4) is 0 Å². The van der Waals surface area contributed by atoms with Crippen molar-refractivity contribution in [1.29, 1.82) is 0 Å². The third-order valence-corrected chi connectivity index (χ3v) is 8.09. The maximum Gasteiger partial charge on any atom is 0.240 e. The first kappa shape index (κ1) is 25.1. The van der Waals surface area contributed by atoms with Crippen LogP contribution in [0.15, 0.2) is 48.5 Å². The predicted molar refractivity (Wildman–Crippen MR) is 137 cm³/mol. The first-order chi connectivity index (χ1) is 16.3. The summed E-state index contributed by atoms with van der Waals surface area (Å²) < 4.78 is 0. The molecule has 0 aromatic heterocycles. The lowest BCUT2D eigenvalue weighted by atomic mass is 9.74. The molecule has 1 amide bonds. The Morgan fingerprint density at radius 2 is 1.82 bits per heavy atom. The Morgan fingerprint density at radius 3 is 2.50 bits per heavy atom. The highest BCUT2D eigenvalue weighted by Gasteiger charge is 2.44. The van der Waals surface area contributed by atoms with E-state index < -0.39 is 12.1 Å². The van der Waals surface area contributed by atoms with Crippen molar-refractivity contribution in [3.8, 4) is 0 Å². The van der Waals surface area contributed by atoms with Crippen LogP contribution < -0.4 is 11.1 Å². The van der Waals surface area contributed by atoms with Gasteiger partial charge in [-0.3, -0.25) is 9.69 Å². The van der Waals surface area contributed by atoms with Crippen molar-refractivity contribution in [3.63, 3.8) is 0 Å². The Labute approximate surface area is 208 Å². The number of hydrogen-bond acceptors (Lipinski definition) is 5. The molecule has 0 saturated carbocycles. The van der Waals surface area contributed by atoms with Crippen LogP contribution in [0.5, 0.6) is 0 Å². The number of likely N-dealkylation sites (tertiary alicyclic amines) is 1. The van der Waals surface area contributed by atoms with Gasteiger partial charge in [-0.25, -0.2) is 0 Å². The number of hydrogen-bond donors (Lipinski definition) is 3. The first-order valence-corrected chi connectivity index (χ1v) is 12.7. The van der Waals surface area contributed by atoms with Crippen molar-refractivity contribution >= 4 is 17.5 Å². The molecule has 0 radical (unpaired) electrons. The largest absolute Gasteiger partial charge is 0.395 e. The minimum Gasteiger partial charge on any atom is -0.395 e.